The Morgan fingerprint density at radius 2 is 2.13 bits per heavy atom. The molecule has 3 aromatic heterocycles. The number of hydrogen-bond acceptors (Lipinski definition) is 5. The Kier molecular flexibility index (Phi) is 3.45. The molecule has 1 aliphatic rings. The van der Waals surface area contributed by atoms with Crippen LogP contribution < -0.4 is 5.69 Å². The number of likely N-dealkylation sites (tertiary alicyclic amines) is 1. The van der Waals surface area contributed by atoms with Crippen LogP contribution in [0.15, 0.2) is 28.8 Å². The second kappa shape index (κ2) is 5.62. The highest BCUT2D eigenvalue weighted by Gasteiger charge is 2.20. The molecule has 7 nitrogen and oxygen atoms in total. The summed E-state index contributed by atoms with van der Waals surface area (Å²) in [6, 6.07) is 1.88. The van der Waals surface area contributed by atoms with Gasteiger partial charge in [0.1, 0.15) is 6.54 Å². The van der Waals surface area contributed by atoms with Gasteiger partial charge in [0.05, 0.1) is 15.9 Å². The minimum Gasteiger partial charge on any atom is -0.341 e. The Hall–Kier alpha value is -2.48. The Balaban J connectivity index is 1.73. The number of aromatic amines is 1. The molecule has 4 rings (SSSR count). The third kappa shape index (κ3) is 2.55. The van der Waals surface area contributed by atoms with Crippen molar-refractivity contribution >= 4 is 28.4 Å². The number of H-pyrrole nitrogens is 1. The summed E-state index contributed by atoms with van der Waals surface area (Å²) in [6.07, 6.45) is 5.54. The van der Waals surface area contributed by atoms with E-state index >= 15 is 0 Å². The normalized spacial score (nSPS) is 14.7. The lowest BCUT2D eigenvalue weighted by atomic mass is 10.2. The van der Waals surface area contributed by atoms with E-state index in [-0.39, 0.29) is 18.1 Å². The standard InChI is InChI=1S/C15H15N5O2S/c21-13(19-3-1-2-4-19)8-20-11-5-10(12-7-16-9-23-12)6-17-14(11)18-15(20)22/h5-7,9H,1-4,8H2,(H,17,18,22). The van der Waals surface area contributed by atoms with Crippen molar-refractivity contribution in [3.05, 3.63) is 34.5 Å². The number of pyridine rings is 1. The summed E-state index contributed by atoms with van der Waals surface area (Å²) in [6.45, 7) is 1.60. The van der Waals surface area contributed by atoms with Gasteiger partial charge in [-0.15, -0.1) is 11.3 Å². The molecule has 0 atom stereocenters. The summed E-state index contributed by atoms with van der Waals surface area (Å²) in [4.78, 5) is 38.4. The number of hydrogen-bond donors (Lipinski definition) is 1. The fourth-order valence-electron chi connectivity index (χ4n) is 2.89. The lowest BCUT2D eigenvalue weighted by Gasteiger charge is -2.15. The Morgan fingerprint density at radius 3 is 2.87 bits per heavy atom. The minimum absolute atomic E-state index is 0.0197. The van der Waals surface area contributed by atoms with E-state index in [1.807, 2.05) is 11.0 Å². The highest BCUT2D eigenvalue weighted by molar-refractivity contribution is 7.13. The first-order valence-electron chi connectivity index (χ1n) is 7.47. The summed E-state index contributed by atoms with van der Waals surface area (Å²) in [7, 11) is 0. The molecular formula is C15H15N5O2S. The molecule has 0 aliphatic carbocycles. The van der Waals surface area contributed by atoms with Crippen LogP contribution in [0.1, 0.15) is 12.8 Å². The average molecular weight is 329 g/mol. The number of fused-ring (bicyclic) bond motifs is 1. The van der Waals surface area contributed by atoms with Crippen LogP contribution in [0, 0.1) is 0 Å². The highest BCUT2D eigenvalue weighted by atomic mass is 32.1. The molecule has 0 spiro atoms. The maximum atomic E-state index is 12.3. The molecule has 1 saturated heterocycles. The van der Waals surface area contributed by atoms with Gasteiger partial charge in [0.2, 0.25) is 5.91 Å². The molecule has 0 radical (unpaired) electrons. The number of aromatic nitrogens is 4. The summed E-state index contributed by atoms with van der Waals surface area (Å²) in [5.41, 5.74) is 3.48. The minimum atomic E-state index is -0.304. The summed E-state index contributed by atoms with van der Waals surface area (Å²) in [5.74, 6) is -0.0197. The largest absolute Gasteiger partial charge is 0.341 e. The van der Waals surface area contributed by atoms with Crippen LogP contribution in [0.4, 0.5) is 0 Å². The van der Waals surface area contributed by atoms with E-state index < -0.39 is 0 Å². The van der Waals surface area contributed by atoms with Crippen molar-refractivity contribution in [3.8, 4) is 10.4 Å². The van der Waals surface area contributed by atoms with E-state index in [4.69, 9.17) is 0 Å². The van der Waals surface area contributed by atoms with Crippen molar-refractivity contribution in [1.82, 2.24) is 24.4 Å². The van der Waals surface area contributed by atoms with Crippen LogP contribution in [0.3, 0.4) is 0 Å². The van der Waals surface area contributed by atoms with Crippen molar-refractivity contribution in [2.75, 3.05) is 13.1 Å². The lowest BCUT2D eigenvalue weighted by molar-refractivity contribution is -0.130. The lowest BCUT2D eigenvalue weighted by Crippen LogP contribution is -2.33. The molecule has 4 heterocycles. The number of nitrogens with one attached hydrogen (secondary N) is 1. The van der Waals surface area contributed by atoms with Crippen LogP contribution in [-0.2, 0) is 11.3 Å². The predicted octanol–water partition coefficient (Wildman–Crippen LogP) is 1.47. The van der Waals surface area contributed by atoms with Crippen molar-refractivity contribution in [2.24, 2.45) is 0 Å². The number of nitrogens with zero attached hydrogens (tertiary/aromatic N) is 4. The van der Waals surface area contributed by atoms with Gasteiger partial charge in [-0.1, -0.05) is 0 Å². The van der Waals surface area contributed by atoms with Gasteiger partial charge in [0.15, 0.2) is 5.65 Å². The van der Waals surface area contributed by atoms with E-state index in [2.05, 4.69) is 15.0 Å². The first-order chi connectivity index (χ1) is 11.2. The zero-order valence-corrected chi connectivity index (χ0v) is 13.2. The SMILES string of the molecule is O=C(Cn1c(=O)[nH]c2ncc(-c3cncs3)cc21)N1CCCC1. The highest BCUT2D eigenvalue weighted by Crippen LogP contribution is 2.24. The first-order valence-corrected chi connectivity index (χ1v) is 8.35. The van der Waals surface area contributed by atoms with Crippen LogP contribution in [-0.4, -0.2) is 43.4 Å². The van der Waals surface area contributed by atoms with E-state index in [9.17, 15) is 9.59 Å². The molecule has 1 N–H and O–H groups in total. The molecule has 0 unspecified atom stereocenters. The number of carbonyl (C=O) groups is 1. The Morgan fingerprint density at radius 1 is 1.30 bits per heavy atom. The van der Waals surface area contributed by atoms with Crippen molar-refractivity contribution in [1.29, 1.82) is 0 Å². The third-order valence-corrected chi connectivity index (χ3v) is 4.92. The van der Waals surface area contributed by atoms with Gasteiger partial charge < -0.3 is 4.90 Å². The first kappa shape index (κ1) is 14.1. The molecule has 118 valence electrons. The van der Waals surface area contributed by atoms with E-state index in [0.29, 0.717) is 11.2 Å². The number of amides is 1. The fraction of sp³-hybridized carbons (Fsp3) is 0.333. The monoisotopic (exact) mass is 329 g/mol. The van der Waals surface area contributed by atoms with Crippen LogP contribution in [0.5, 0.6) is 0 Å². The molecule has 1 amide bonds. The van der Waals surface area contributed by atoms with Crippen molar-refractivity contribution in [3.63, 3.8) is 0 Å². The zero-order valence-electron chi connectivity index (χ0n) is 12.4. The molecule has 1 aliphatic heterocycles. The third-order valence-electron chi connectivity index (χ3n) is 4.10. The summed E-state index contributed by atoms with van der Waals surface area (Å²) < 4.78 is 1.47. The van der Waals surface area contributed by atoms with Crippen LogP contribution in [0.25, 0.3) is 21.6 Å². The van der Waals surface area contributed by atoms with E-state index in [1.54, 1.807) is 17.9 Å². The van der Waals surface area contributed by atoms with Gasteiger partial charge in [-0.2, -0.15) is 0 Å². The molecule has 0 aromatic carbocycles. The van der Waals surface area contributed by atoms with Crippen LogP contribution in [0.2, 0.25) is 0 Å². The Labute approximate surface area is 135 Å². The van der Waals surface area contributed by atoms with E-state index in [0.717, 1.165) is 36.4 Å². The van der Waals surface area contributed by atoms with Gasteiger partial charge >= 0.3 is 5.69 Å². The maximum absolute atomic E-state index is 12.3. The molecule has 23 heavy (non-hydrogen) atoms. The zero-order chi connectivity index (χ0) is 15.8. The smallest absolute Gasteiger partial charge is 0.328 e. The number of rotatable bonds is 3. The van der Waals surface area contributed by atoms with Crippen molar-refractivity contribution < 1.29 is 4.79 Å². The quantitative estimate of drug-likeness (QED) is 0.789. The van der Waals surface area contributed by atoms with Gasteiger partial charge in [-0.3, -0.25) is 19.3 Å². The van der Waals surface area contributed by atoms with Crippen LogP contribution >= 0.6 is 11.3 Å². The average Bonchev–Trinajstić information content (AvgIpc) is 3.28. The molecule has 3 aromatic rings. The number of imidazole rings is 1. The maximum Gasteiger partial charge on any atom is 0.328 e. The number of thiazole rings is 1. The molecular weight excluding hydrogens is 314 g/mol. The second-order valence-electron chi connectivity index (χ2n) is 5.56. The molecule has 0 bridgehead atoms. The molecule has 8 heteroatoms. The van der Waals surface area contributed by atoms with Gasteiger partial charge in [-0.25, -0.2) is 9.78 Å². The summed E-state index contributed by atoms with van der Waals surface area (Å²) >= 11 is 1.51. The van der Waals surface area contributed by atoms with Crippen molar-refractivity contribution in [2.45, 2.75) is 19.4 Å². The Bertz CT molecular complexity index is 906. The molecule has 0 saturated carbocycles. The van der Waals surface area contributed by atoms with E-state index in [1.165, 1.54) is 15.9 Å². The fourth-order valence-corrected chi connectivity index (χ4v) is 3.49. The van der Waals surface area contributed by atoms with Gasteiger partial charge in [-0.05, 0) is 18.9 Å². The van der Waals surface area contributed by atoms with Gasteiger partial charge in [0.25, 0.3) is 0 Å². The molecule has 1 fully saturated rings. The second-order valence-corrected chi connectivity index (χ2v) is 6.45. The predicted molar refractivity (Wildman–Crippen MR) is 87.3 cm³/mol. The topological polar surface area (TPSA) is 83.9 Å². The summed E-state index contributed by atoms with van der Waals surface area (Å²) in [5, 5.41) is 0. The number of carbonyl (C=O) groups excluding carboxylic acids is 1. The van der Waals surface area contributed by atoms with Gasteiger partial charge in [0, 0.05) is 31.0 Å².